The number of halogens is 3. The third-order valence-corrected chi connectivity index (χ3v) is 5.81. The van der Waals surface area contributed by atoms with Crippen LogP contribution >= 0.6 is 23.2 Å². The lowest BCUT2D eigenvalue weighted by molar-refractivity contribution is -0.129. The summed E-state index contributed by atoms with van der Waals surface area (Å²) >= 11 is 11.4. The second-order valence-corrected chi connectivity index (χ2v) is 8.86. The van der Waals surface area contributed by atoms with Crippen LogP contribution in [-0.4, -0.2) is 64.8 Å². The molecule has 1 amide bonds. The molecule has 0 saturated carbocycles. The molecule has 0 N–H and O–H groups in total. The van der Waals surface area contributed by atoms with Crippen LogP contribution in [0.15, 0.2) is 24.3 Å². The highest BCUT2D eigenvalue weighted by Crippen LogP contribution is 2.20. The van der Waals surface area contributed by atoms with E-state index in [0.717, 1.165) is 37.3 Å². The predicted molar refractivity (Wildman–Crippen MR) is 121 cm³/mol. The fourth-order valence-corrected chi connectivity index (χ4v) is 4.34. The van der Waals surface area contributed by atoms with Crippen LogP contribution in [0.2, 0.25) is 10.0 Å². The second-order valence-electron chi connectivity index (χ2n) is 7.99. The number of likely N-dealkylation sites (tertiary alicyclic amines) is 1. The number of carbonyl (C=O) groups is 2. The fraction of sp³-hybridized carbons (Fsp3) is 0.500. The molecular formula is C22H27Cl2FN4O3. The number of amides is 1. The Hall–Kier alpha value is -2.16. The standard InChI is InChI=1S/C14H21FN4O.C8H6Cl2O2/c1-17-5-2-6-19-12(10-17)9-13(16-19)14(20)18-7-3-11(15)4-8-18;9-7-1-6(4-12-5-11)2-8(10)3-7/h9,11H,2-8,10H2,1H3;1-3,5H,4H2. The number of aryl methyl sites for hydroxylation is 1. The third kappa shape index (κ3) is 6.92. The lowest BCUT2D eigenvalue weighted by atomic mass is 10.1. The molecule has 0 unspecified atom stereocenters. The molecule has 2 aliphatic heterocycles. The highest BCUT2D eigenvalue weighted by molar-refractivity contribution is 6.34. The lowest BCUT2D eigenvalue weighted by Crippen LogP contribution is -2.39. The Morgan fingerprint density at radius 1 is 1.16 bits per heavy atom. The van der Waals surface area contributed by atoms with Crippen LogP contribution in [0.1, 0.15) is 41.0 Å². The first-order valence-electron chi connectivity index (χ1n) is 10.5. The molecule has 0 bridgehead atoms. The zero-order valence-electron chi connectivity index (χ0n) is 18.0. The van der Waals surface area contributed by atoms with E-state index in [1.165, 1.54) is 0 Å². The van der Waals surface area contributed by atoms with Crippen molar-refractivity contribution in [2.45, 2.75) is 45.1 Å². The maximum absolute atomic E-state index is 13.1. The molecule has 0 radical (unpaired) electrons. The van der Waals surface area contributed by atoms with Crippen molar-refractivity contribution in [1.29, 1.82) is 0 Å². The van der Waals surface area contributed by atoms with Gasteiger partial charge in [0.15, 0.2) is 5.69 Å². The van der Waals surface area contributed by atoms with Gasteiger partial charge in [-0.2, -0.15) is 5.10 Å². The molecule has 174 valence electrons. The van der Waals surface area contributed by atoms with Crippen LogP contribution in [0.25, 0.3) is 0 Å². The van der Waals surface area contributed by atoms with Crippen molar-refractivity contribution in [3.05, 3.63) is 51.3 Å². The molecule has 0 atom stereocenters. The largest absolute Gasteiger partial charge is 0.463 e. The number of carbonyl (C=O) groups excluding carboxylic acids is 2. The van der Waals surface area contributed by atoms with Crippen LogP contribution in [-0.2, 0) is 29.2 Å². The van der Waals surface area contributed by atoms with E-state index in [9.17, 15) is 14.0 Å². The van der Waals surface area contributed by atoms with Gasteiger partial charge >= 0.3 is 0 Å². The van der Waals surface area contributed by atoms with Gasteiger partial charge < -0.3 is 14.5 Å². The minimum atomic E-state index is -0.758. The minimum absolute atomic E-state index is 0.0554. The summed E-state index contributed by atoms with van der Waals surface area (Å²) in [5.41, 5.74) is 2.38. The third-order valence-electron chi connectivity index (χ3n) is 5.38. The Labute approximate surface area is 197 Å². The van der Waals surface area contributed by atoms with Gasteiger partial charge in [0, 0.05) is 42.8 Å². The van der Waals surface area contributed by atoms with Gasteiger partial charge in [0.1, 0.15) is 12.8 Å². The Morgan fingerprint density at radius 3 is 2.50 bits per heavy atom. The highest BCUT2D eigenvalue weighted by atomic mass is 35.5. The van der Waals surface area contributed by atoms with Crippen molar-refractivity contribution < 1.29 is 18.7 Å². The summed E-state index contributed by atoms with van der Waals surface area (Å²) in [6.07, 6.45) is 1.18. The van der Waals surface area contributed by atoms with Crippen LogP contribution in [0.4, 0.5) is 4.39 Å². The van der Waals surface area contributed by atoms with Crippen LogP contribution in [0.5, 0.6) is 0 Å². The molecule has 7 nitrogen and oxygen atoms in total. The van der Waals surface area contributed by atoms with Crippen molar-refractivity contribution >= 4 is 35.6 Å². The predicted octanol–water partition coefficient (Wildman–Crippen LogP) is 3.96. The minimum Gasteiger partial charge on any atom is -0.463 e. The van der Waals surface area contributed by atoms with E-state index in [1.807, 2.05) is 10.7 Å². The van der Waals surface area contributed by atoms with Gasteiger partial charge in [-0.3, -0.25) is 14.3 Å². The fourth-order valence-electron chi connectivity index (χ4n) is 3.76. The summed E-state index contributed by atoms with van der Waals surface area (Å²) in [7, 11) is 2.08. The molecule has 1 fully saturated rings. The quantitative estimate of drug-likeness (QED) is 0.614. The van der Waals surface area contributed by atoms with Crippen molar-refractivity contribution in [2.75, 3.05) is 26.7 Å². The van der Waals surface area contributed by atoms with E-state index in [1.54, 1.807) is 23.1 Å². The average Bonchev–Trinajstić information content (AvgIpc) is 3.06. The van der Waals surface area contributed by atoms with E-state index >= 15 is 0 Å². The number of rotatable bonds is 4. The summed E-state index contributed by atoms with van der Waals surface area (Å²) in [6, 6.07) is 6.90. The normalized spacial score (nSPS) is 17.1. The number of benzene rings is 1. The molecule has 1 aromatic carbocycles. The summed E-state index contributed by atoms with van der Waals surface area (Å²) in [4.78, 5) is 26.2. The van der Waals surface area contributed by atoms with Crippen LogP contribution < -0.4 is 0 Å². The van der Waals surface area contributed by atoms with Gasteiger partial charge in [-0.1, -0.05) is 23.2 Å². The molecule has 32 heavy (non-hydrogen) atoms. The maximum atomic E-state index is 13.1. The summed E-state index contributed by atoms with van der Waals surface area (Å²) in [6.45, 7) is 4.33. The Morgan fingerprint density at radius 2 is 1.84 bits per heavy atom. The number of fused-ring (bicyclic) bond motifs is 1. The number of hydrogen-bond acceptors (Lipinski definition) is 5. The lowest BCUT2D eigenvalue weighted by Gasteiger charge is -2.27. The van der Waals surface area contributed by atoms with E-state index in [0.29, 0.717) is 48.1 Å². The van der Waals surface area contributed by atoms with Crippen molar-refractivity contribution in [3.63, 3.8) is 0 Å². The molecule has 1 saturated heterocycles. The molecule has 2 aromatic rings. The number of piperidine rings is 1. The maximum Gasteiger partial charge on any atom is 0.293 e. The van der Waals surface area contributed by atoms with E-state index < -0.39 is 6.17 Å². The van der Waals surface area contributed by atoms with Gasteiger partial charge in [-0.05, 0) is 56.1 Å². The summed E-state index contributed by atoms with van der Waals surface area (Å²) < 4.78 is 19.6. The van der Waals surface area contributed by atoms with E-state index in [4.69, 9.17) is 23.2 Å². The molecule has 1 aromatic heterocycles. The van der Waals surface area contributed by atoms with Gasteiger partial charge in [-0.25, -0.2) is 4.39 Å². The zero-order chi connectivity index (χ0) is 23.1. The van der Waals surface area contributed by atoms with Gasteiger partial charge in [0.05, 0.1) is 5.69 Å². The van der Waals surface area contributed by atoms with Crippen LogP contribution in [0, 0.1) is 0 Å². The SMILES string of the molecule is CN1CCCn2nc(C(=O)N3CCC(F)CC3)cc2C1.O=COCc1cc(Cl)cc(Cl)c1. The summed E-state index contributed by atoms with van der Waals surface area (Å²) in [5.74, 6) is -0.0554. The summed E-state index contributed by atoms with van der Waals surface area (Å²) in [5, 5.41) is 5.51. The Kier molecular flexibility index (Phi) is 8.90. The topological polar surface area (TPSA) is 67.7 Å². The molecule has 0 spiro atoms. The molecule has 0 aliphatic carbocycles. The number of aromatic nitrogens is 2. The zero-order valence-corrected chi connectivity index (χ0v) is 19.5. The average molecular weight is 485 g/mol. The first-order valence-corrected chi connectivity index (χ1v) is 11.3. The van der Waals surface area contributed by atoms with Crippen molar-refractivity contribution in [3.8, 4) is 0 Å². The number of hydrogen-bond donors (Lipinski definition) is 0. The molecular weight excluding hydrogens is 458 g/mol. The van der Waals surface area contributed by atoms with Gasteiger partial charge in [0.25, 0.3) is 12.4 Å². The molecule has 2 aliphatic rings. The number of nitrogens with zero attached hydrogens (tertiary/aromatic N) is 4. The monoisotopic (exact) mass is 484 g/mol. The number of ether oxygens (including phenoxy) is 1. The van der Waals surface area contributed by atoms with Gasteiger partial charge in [-0.15, -0.1) is 0 Å². The van der Waals surface area contributed by atoms with E-state index in [2.05, 4.69) is 21.8 Å². The first kappa shape index (κ1) is 24.5. The second kappa shape index (κ2) is 11.6. The van der Waals surface area contributed by atoms with Gasteiger partial charge in [0.2, 0.25) is 0 Å². The van der Waals surface area contributed by atoms with E-state index in [-0.39, 0.29) is 12.5 Å². The highest BCUT2D eigenvalue weighted by Gasteiger charge is 2.26. The van der Waals surface area contributed by atoms with Crippen molar-refractivity contribution in [1.82, 2.24) is 19.6 Å². The molecule has 4 rings (SSSR count). The number of alkyl halides is 1. The first-order chi connectivity index (χ1) is 15.4. The molecule has 3 heterocycles. The Balaban J connectivity index is 0.000000207. The molecule has 10 heteroatoms. The van der Waals surface area contributed by atoms with Crippen LogP contribution in [0.3, 0.4) is 0 Å². The Bertz CT molecular complexity index is 912. The van der Waals surface area contributed by atoms with Crippen molar-refractivity contribution in [2.24, 2.45) is 0 Å². The smallest absolute Gasteiger partial charge is 0.293 e.